The second-order valence-corrected chi connectivity index (χ2v) is 18.7. The molecular formula is C38H30N10O14S4. The minimum atomic E-state index is -5.09. The van der Waals surface area contributed by atoms with Gasteiger partial charge in [-0.1, -0.05) is 61.7 Å². The van der Waals surface area contributed by atoms with E-state index in [1.807, 2.05) is 0 Å². The van der Waals surface area contributed by atoms with Gasteiger partial charge in [0.2, 0.25) is 35.6 Å². The fraction of sp³-hybridized carbons (Fsp3) is 0. The molecule has 0 bridgehead atoms. The van der Waals surface area contributed by atoms with E-state index < -0.39 is 71.9 Å². The zero-order valence-corrected chi connectivity index (χ0v) is 36.3. The molecule has 0 atom stereocenters. The van der Waals surface area contributed by atoms with E-state index in [1.165, 1.54) is 48.5 Å². The lowest BCUT2D eigenvalue weighted by Crippen LogP contribution is -2.13. The van der Waals surface area contributed by atoms with Gasteiger partial charge in [0.1, 0.15) is 9.79 Å². The highest BCUT2D eigenvalue weighted by molar-refractivity contribution is 7.86. The molecule has 66 heavy (non-hydrogen) atoms. The summed E-state index contributed by atoms with van der Waals surface area (Å²) in [5.41, 5.74) is -0.521. The number of rotatable bonds is 16. The molecule has 340 valence electrons. The second-order valence-electron chi connectivity index (χ2n) is 13.0. The Morgan fingerprint density at radius 2 is 0.833 bits per heavy atom. The Hall–Kier alpha value is -7.70. The fourth-order valence-corrected chi connectivity index (χ4v) is 8.00. The number of carbonyl (C=O) groups is 2. The van der Waals surface area contributed by atoms with Crippen LogP contribution in [0.5, 0.6) is 0 Å². The number of carbonyl (C=O) groups excluding carboxylic acids is 2. The lowest BCUT2D eigenvalue weighted by atomic mass is 10.1. The van der Waals surface area contributed by atoms with Gasteiger partial charge in [-0.3, -0.25) is 38.4 Å². The van der Waals surface area contributed by atoms with Crippen LogP contribution in [0.15, 0.2) is 130 Å². The average molecular weight is 979 g/mol. The lowest BCUT2D eigenvalue weighted by molar-refractivity contribution is -0.112. The Kier molecular flexibility index (Phi) is 13.6. The molecule has 2 aromatic heterocycles. The normalized spacial score (nSPS) is 12.0. The number of nitrogens with one attached hydrogen (secondary N) is 4. The predicted octanol–water partition coefficient (Wildman–Crippen LogP) is 4.28. The summed E-state index contributed by atoms with van der Waals surface area (Å²) in [5, 5.41) is 10.0. The second kappa shape index (κ2) is 18.8. The first kappa shape index (κ1) is 47.8. The molecule has 0 fully saturated rings. The van der Waals surface area contributed by atoms with Gasteiger partial charge >= 0.3 is 0 Å². The highest BCUT2D eigenvalue weighted by Gasteiger charge is 2.22. The van der Waals surface area contributed by atoms with Gasteiger partial charge in [0.05, 0.1) is 9.79 Å². The van der Waals surface area contributed by atoms with Crippen LogP contribution in [0.4, 0.5) is 35.2 Å². The molecule has 8 N–H and O–H groups in total. The summed E-state index contributed by atoms with van der Waals surface area (Å²) in [7, 11) is -19.4. The maximum absolute atomic E-state index is 12.8. The standard InChI is InChI=1S/C38H30N10O14S4/c1-3-31(49)41-37-45-33(43-35(47-37)39-25-7-5-9-27(19-25)63(51,52)53)23-15-13-21(29(17-23)65(57,58)59)11-12-22-14-16-24(18-30(22)66(60,61)62)34-44-36(48-38(46-34)42-32(50)4-2)40-26-8-6-10-28(20-26)64(54,55)56/h3-20H,1-2H2,(H,51,52,53)(H,54,55,56)(H,57,58,59)(H,60,61,62)(H2,39,41,43,45,47,49)(H2,40,42,44,46,48,50)/b12-11+. The minimum Gasteiger partial charge on any atom is -0.324 e. The third kappa shape index (κ3) is 12.1. The summed E-state index contributed by atoms with van der Waals surface area (Å²) >= 11 is 0. The van der Waals surface area contributed by atoms with Crippen molar-refractivity contribution < 1.29 is 61.5 Å². The first-order chi connectivity index (χ1) is 30.9. The summed E-state index contributed by atoms with van der Waals surface area (Å²) in [6.07, 6.45) is 3.97. The molecule has 0 unspecified atom stereocenters. The van der Waals surface area contributed by atoms with Gasteiger partial charge < -0.3 is 10.6 Å². The molecule has 0 aliphatic heterocycles. The van der Waals surface area contributed by atoms with E-state index in [4.69, 9.17) is 0 Å². The smallest absolute Gasteiger partial charge is 0.295 e. The predicted molar refractivity (Wildman–Crippen MR) is 236 cm³/mol. The number of hydrogen-bond donors (Lipinski definition) is 8. The first-order valence-corrected chi connectivity index (χ1v) is 23.7. The summed E-state index contributed by atoms with van der Waals surface area (Å²) in [5.74, 6) is -3.49. The van der Waals surface area contributed by atoms with Crippen LogP contribution in [0.25, 0.3) is 34.9 Å². The zero-order chi connectivity index (χ0) is 48.2. The molecule has 0 saturated carbocycles. The van der Waals surface area contributed by atoms with Gasteiger partial charge in [-0.2, -0.15) is 63.6 Å². The van der Waals surface area contributed by atoms with Gasteiger partial charge in [-0.05, 0) is 71.8 Å². The van der Waals surface area contributed by atoms with Crippen LogP contribution in [-0.2, 0) is 50.1 Å². The van der Waals surface area contributed by atoms with E-state index in [0.717, 1.165) is 60.7 Å². The molecule has 0 aliphatic carbocycles. The van der Waals surface area contributed by atoms with Crippen LogP contribution in [-0.4, -0.2) is 93.6 Å². The monoisotopic (exact) mass is 978 g/mol. The molecule has 4 aromatic carbocycles. The molecule has 6 aromatic rings. The third-order valence-electron chi connectivity index (χ3n) is 8.43. The van der Waals surface area contributed by atoms with Gasteiger partial charge in [0.15, 0.2) is 11.6 Å². The molecule has 0 spiro atoms. The van der Waals surface area contributed by atoms with Crippen LogP contribution in [0.2, 0.25) is 0 Å². The Morgan fingerprint density at radius 1 is 0.470 bits per heavy atom. The lowest BCUT2D eigenvalue weighted by Gasteiger charge is -2.12. The number of nitrogens with zero attached hydrogens (tertiary/aromatic N) is 6. The van der Waals surface area contributed by atoms with Crippen LogP contribution < -0.4 is 21.3 Å². The van der Waals surface area contributed by atoms with E-state index in [9.17, 15) is 61.5 Å². The van der Waals surface area contributed by atoms with Crippen molar-refractivity contribution in [1.82, 2.24) is 29.9 Å². The molecule has 24 nitrogen and oxygen atoms in total. The molecule has 28 heteroatoms. The molecule has 6 rings (SSSR count). The summed E-state index contributed by atoms with van der Waals surface area (Å²) in [6, 6.07) is 16.5. The van der Waals surface area contributed by atoms with Crippen LogP contribution in [0, 0.1) is 0 Å². The largest absolute Gasteiger partial charge is 0.324 e. The Morgan fingerprint density at radius 3 is 1.17 bits per heavy atom. The topological polar surface area (TPSA) is 377 Å². The number of benzene rings is 4. The summed E-state index contributed by atoms with van der Waals surface area (Å²) < 4.78 is 137. The minimum absolute atomic E-state index is 0.0544. The number of hydrogen-bond acceptors (Lipinski definition) is 18. The van der Waals surface area contributed by atoms with E-state index in [2.05, 4.69) is 64.3 Å². The Balaban J connectivity index is 1.39. The van der Waals surface area contributed by atoms with E-state index in [1.54, 1.807) is 0 Å². The van der Waals surface area contributed by atoms with Crippen molar-refractivity contribution in [2.24, 2.45) is 0 Å². The van der Waals surface area contributed by atoms with Crippen molar-refractivity contribution in [3.8, 4) is 22.8 Å². The number of amides is 2. The van der Waals surface area contributed by atoms with Gasteiger partial charge in [0, 0.05) is 22.5 Å². The average Bonchev–Trinajstić information content (AvgIpc) is 3.24. The third-order valence-corrected chi connectivity index (χ3v) is 11.9. The highest BCUT2D eigenvalue weighted by atomic mass is 32.2. The zero-order valence-electron chi connectivity index (χ0n) is 33.0. The van der Waals surface area contributed by atoms with Gasteiger partial charge in [-0.25, -0.2) is 0 Å². The summed E-state index contributed by atoms with van der Waals surface area (Å²) in [6.45, 7) is 6.70. The maximum atomic E-state index is 12.8. The van der Waals surface area contributed by atoms with Crippen molar-refractivity contribution in [2.45, 2.75) is 19.6 Å². The molecule has 0 saturated heterocycles. The van der Waals surface area contributed by atoms with Gasteiger partial charge in [0.25, 0.3) is 40.5 Å². The Labute approximate surface area is 374 Å². The van der Waals surface area contributed by atoms with Crippen LogP contribution in [0.1, 0.15) is 11.1 Å². The van der Waals surface area contributed by atoms with Crippen molar-refractivity contribution in [1.29, 1.82) is 0 Å². The van der Waals surface area contributed by atoms with Crippen LogP contribution in [0.3, 0.4) is 0 Å². The van der Waals surface area contributed by atoms with Crippen LogP contribution >= 0.6 is 0 Å². The van der Waals surface area contributed by atoms with E-state index in [-0.39, 0.29) is 69.1 Å². The maximum Gasteiger partial charge on any atom is 0.295 e. The van der Waals surface area contributed by atoms with Crippen molar-refractivity contribution in [3.63, 3.8) is 0 Å². The molecule has 2 heterocycles. The van der Waals surface area contributed by atoms with Gasteiger partial charge in [-0.15, -0.1) is 0 Å². The number of aromatic nitrogens is 6. The van der Waals surface area contributed by atoms with Crippen molar-refractivity contribution in [2.75, 3.05) is 21.3 Å². The fourth-order valence-electron chi connectivity index (χ4n) is 5.53. The van der Waals surface area contributed by atoms with E-state index in [0.29, 0.717) is 0 Å². The molecular weight excluding hydrogens is 949 g/mol. The first-order valence-electron chi connectivity index (χ1n) is 17.9. The molecule has 0 radical (unpaired) electrons. The number of anilines is 6. The highest BCUT2D eigenvalue weighted by Crippen LogP contribution is 2.30. The molecule has 2 amide bonds. The van der Waals surface area contributed by atoms with Crippen molar-refractivity contribution >= 4 is 99.6 Å². The van der Waals surface area contributed by atoms with Crippen molar-refractivity contribution in [3.05, 3.63) is 121 Å². The van der Waals surface area contributed by atoms with E-state index >= 15 is 0 Å². The summed E-state index contributed by atoms with van der Waals surface area (Å²) in [4.78, 5) is 46.6. The quantitative estimate of drug-likeness (QED) is 0.0381. The SMILES string of the molecule is C=CC(=O)Nc1nc(Nc2cccc(S(=O)(=O)O)c2)nc(-c2ccc(/C=C/c3ccc(-c4nc(NC(=O)C=C)nc(Nc5cccc(S(=O)(=O)O)c5)n4)cc3S(=O)(=O)O)c(S(=O)(=O)O)c2)n1. The molecule has 0 aliphatic rings. The Bertz CT molecular complexity index is 3250.